The maximum absolute atomic E-state index is 12.9. The lowest BCUT2D eigenvalue weighted by molar-refractivity contribution is 0.112. The van der Waals surface area contributed by atoms with Crippen LogP contribution in [0.25, 0.3) is 5.52 Å². The number of hydrogen-bond acceptors (Lipinski definition) is 2. The Morgan fingerprint density at radius 3 is 2.62 bits per heavy atom. The van der Waals surface area contributed by atoms with Crippen molar-refractivity contribution in [2.24, 2.45) is 0 Å². The summed E-state index contributed by atoms with van der Waals surface area (Å²) in [7, 11) is 0. The Balaban J connectivity index is 1.93. The third kappa shape index (κ3) is 2.74. The zero-order valence-electron chi connectivity index (χ0n) is 11.1. The van der Waals surface area contributed by atoms with Gasteiger partial charge in [-0.25, -0.2) is 9.37 Å². The van der Waals surface area contributed by atoms with Crippen molar-refractivity contribution in [2.75, 3.05) is 0 Å². The number of rotatable bonds is 4. The number of nitrogens with zero attached hydrogens (tertiary/aromatic N) is 2. The van der Waals surface area contributed by atoms with Gasteiger partial charge in [0.15, 0.2) is 6.29 Å². The molecule has 0 bridgehead atoms. The van der Waals surface area contributed by atoms with Crippen molar-refractivity contribution in [3.05, 3.63) is 70.0 Å². The molecule has 2 heterocycles. The summed E-state index contributed by atoms with van der Waals surface area (Å²) in [5, 5.41) is 0. The number of fused-ring (bicyclic) bond motifs is 1. The molecule has 3 rings (SSSR count). The van der Waals surface area contributed by atoms with Crippen molar-refractivity contribution in [1.29, 1.82) is 0 Å². The lowest BCUT2D eigenvalue weighted by Gasteiger charge is -2.04. The number of aryl methyl sites for hydroxylation is 2. The summed E-state index contributed by atoms with van der Waals surface area (Å²) in [5.41, 5.74) is 2.26. The summed E-state index contributed by atoms with van der Waals surface area (Å²) in [6, 6.07) is 12.1. The van der Waals surface area contributed by atoms with E-state index in [0.29, 0.717) is 12.1 Å². The number of pyridine rings is 1. The number of halogens is 2. The van der Waals surface area contributed by atoms with E-state index in [9.17, 15) is 9.18 Å². The summed E-state index contributed by atoms with van der Waals surface area (Å²) in [6.45, 7) is 0. The fourth-order valence-electron chi connectivity index (χ4n) is 2.35. The van der Waals surface area contributed by atoms with Crippen LogP contribution in [0.15, 0.2) is 47.1 Å². The predicted octanol–water partition coefficient (Wildman–Crippen LogP) is 3.83. The van der Waals surface area contributed by atoms with E-state index in [0.717, 1.165) is 34.2 Å². The van der Waals surface area contributed by atoms with Gasteiger partial charge in [-0.15, -0.1) is 0 Å². The van der Waals surface area contributed by atoms with Crippen LogP contribution >= 0.6 is 15.9 Å². The molecule has 106 valence electrons. The maximum Gasteiger partial charge on any atom is 0.170 e. The molecule has 1 aromatic carbocycles. The molecule has 2 aromatic heterocycles. The summed E-state index contributed by atoms with van der Waals surface area (Å²) < 4.78 is 15.7. The Morgan fingerprint density at radius 1 is 1.14 bits per heavy atom. The van der Waals surface area contributed by atoms with Crippen molar-refractivity contribution in [3.8, 4) is 0 Å². The van der Waals surface area contributed by atoms with E-state index in [1.54, 1.807) is 12.1 Å². The van der Waals surface area contributed by atoms with Crippen LogP contribution in [0, 0.1) is 5.82 Å². The minimum absolute atomic E-state index is 0.240. The third-order valence-corrected chi connectivity index (χ3v) is 3.99. The fraction of sp³-hybridized carbons (Fsp3) is 0.125. The van der Waals surface area contributed by atoms with E-state index in [1.165, 1.54) is 12.1 Å². The molecule has 21 heavy (non-hydrogen) atoms. The standard InChI is InChI=1S/C16H12BrFN2O/c17-15-3-1-2-14-13(10-21)19-16(20(14)15)9-6-11-4-7-12(18)8-5-11/h1-5,7-8,10H,6,9H2. The summed E-state index contributed by atoms with van der Waals surface area (Å²) >= 11 is 3.48. The van der Waals surface area contributed by atoms with E-state index < -0.39 is 0 Å². The molecule has 0 aliphatic heterocycles. The minimum atomic E-state index is -0.240. The molecule has 0 aliphatic carbocycles. The van der Waals surface area contributed by atoms with Gasteiger partial charge in [-0.3, -0.25) is 9.20 Å². The topological polar surface area (TPSA) is 34.4 Å². The van der Waals surface area contributed by atoms with Crippen LogP contribution in [0.3, 0.4) is 0 Å². The van der Waals surface area contributed by atoms with Gasteiger partial charge < -0.3 is 0 Å². The Bertz CT molecular complexity index is 796. The van der Waals surface area contributed by atoms with E-state index in [4.69, 9.17) is 0 Å². The molecule has 0 saturated carbocycles. The van der Waals surface area contributed by atoms with Crippen LogP contribution in [-0.4, -0.2) is 15.7 Å². The number of aromatic nitrogens is 2. The first kappa shape index (κ1) is 13.9. The zero-order chi connectivity index (χ0) is 14.8. The number of hydrogen-bond donors (Lipinski definition) is 0. The highest BCUT2D eigenvalue weighted by molar-refractivity contribution is 9.10. The number of aldehydes is 1. The lowest BCUT2D eigenvalue weighted by Crippen LogP contribution is -1.99. The first-order valence-corrected chi connectivity index (χ1v) is 7.34. The zero-order valence-corrected chi connectivity index (χ0v) is 12.7. The average molecular weight is 347 g/mol. The fourth-order valence-corrected chi connectivity index (χ4v) is 2.90. The molecule has 0 spiro atoms. The second-order valence-corrected chi connectivity index (χ2v) is 5.54. The van der Waals surface area contributed by atoms with Crippen molar-refractivity contribution in [3.63, 3.8) is 0 Å². The van der Waals surface area contributed by atoms with Crippen LogP contribution in [-0.2, 0) is 12.8 Å². The van der Waals surface area contributed by atoms with Gasteiger partial charge in [0.25, 0.3) is 0 Å². The monoisotopic (exact) mass is 346 g/mol. The third-order valence-electron chi connectivity index (χ3n) is 3.37. The molecule has 0 aliphatic rings. The van der Waals surface area contributed by atoms with Gasteiger partial charge in [-0.05, 0) is 52.2 Å². The predicted molar refractivity (Wildman–Crippen MR) is 82.1 cm³/mol. The Kier molecular flexibility index (Phi) is 3.84. The van der Waals surface area contributed by atoms with E-state index in [-0.39, 0.29) is 5.82 Å². The van der Waals surface area contributed by atoms with Gasteiger partial charge in [0.05, 0.1) is 10.1 Å². The van der Waals surface area contributed by atoms with Crippen LogP contribution in [0.2, 0.25) is 0 Å². The van der Waals surface area contributed by atoms with Crippen LogP contribution in [0.5, 0.6) is 0 Å². The molecule has 0 unspecified atom stereocenters. The quantitative estimate of drug-likeness (QED) is 0.531. The molecule has 3 aromatic rings. The van der Waals surface area contributed by atoms with Gasteiger partial charge in [0.2, 0.25) is 0 Å². The molecular formula is C16H12BrFN2O. The number of benzene rings is 1. The smallest absolute Gasteiger partial charge is 0.170 e. The van der Waals surface area contributed by atoms with Crippen molar-refractivity contribution in [1.82, 2.24) is 9.38 Å². The first-order valence-electron chi connectivity index (χ1n) is 6.54. The van der Waals surface area contributed by atoms with Crippen LogP contribution < -0.4 is 0 Å². The normalized spacial score (nSPS) is 11.0. The molecule has 0 fully saturated rings. The molecule has 3 nitrogen and oxygen atoms in total. The second kappa shape index (κ2) is 5.77. The van der Waals surface area contributed by atoms with Gasteiger partial charge in [0.1, 0.15) is 17.3 Å². The SMILES string of the molecule is O=Cc1nc(CCc2ccc(F)cc2)n2c(Br)cccc12. The molecule has 0 atom stereocenters. The highest BCUT2D eigenvalue weighted by atomic mass is 79.9. The minimum Gasteiger partial charge on any atom is -0.296 e. The second-order valence-electron chi connectivity index (χ2n) is 4.73. The number of imidazole rings is 1. The van der Waals surface area contributed by atoms with E-state index in [2.05, 4.69) is 20.9 Å². The van der Waals surface area contributed by atoms with E-state index >= 15 is 0 Å². The largest absolute Gasteiger partial charge is 0.296 e. The average Bonchev–Trinajstić information content (AvgIpc) is 2.86. The molecule has 0 saturated heterocycles. The Hall–Kier alpha value is -2.01. The molecule has 0 radical (unpaired) electrons. The van der Waals surface area contributed by atoms with Crippen molar-refractivity contribution >= 4 is 27.7 Å². The van der Waals surface area contributed by atoms with Crippen LogP contribution in [0.1, 0.15) is 21.9 Å². The number of carbonyl (C=O) groups excluding carboxylic acids is 1. The van der Waals surface area contributed by atoms with Gasteiger partial charge in [-0.2, -0.15) is 0 Å². The van der Waals surface area contributed by atoms with Gasteiger partial charge in [0, 0.05) is 6.42 Å². The highest BCUT2D eigenvalue weighted by Crippen LogP contribution is 2.20. The summed E-state index contributed by atoms with van der Waals surface area (Å²) in [4.78, 5) is 15.5. The molecule has 0 amide bonds. The Labute approximate surface area is 129 Å². The van der Waals surface area contributed by atoms with Crippen molar-refractivity contribution < 1.29 is 9.18 Å². The van der Waals surface area contributed by atoms with Crippen LogP contribution in [0.4, 0.5) is 4.39 Å². The molecule has 0 N–H and O–H groups in total. The molecule has 5 heteroatoms. The van der Waals surface area contributed by atoms with Crippen molar-refractivity contribution in [2.45, 2.75) is 12.8 Å². The van der Waals surface area contributed by atoms with Gasteiger partial charge >= 0.3 is 0 Å². The van der Waals surface area contributed by atoms with Gasteiger partial charge in [-0.1, -0.05) is 18.2 Å². The molecular weight excluding hydrogens is 335 g/mol. The summed E-state index contributed by atoms with van der Waals surface area (Å²) in [6.07, 6.45) is 2.17. The maximum atomic E-state index is 12.9. The first-order chi connectivity index (χ1) is 10.2. The number of carbonyl (C=O) groups is 1. The summed E-state index contributed by atoms with van der Waals surface area (Å²) in [5.74, 6) is 0.569. The Morgan fingerprint density at radius 2 is 1.90 bits per heavy atom. The lowest BCUT2D eigenvalue weighted by atomic mass is 10.1. The van der Waals surface area contributed by atoms with E-state index in [1.807, 2.05) is 22.6 Å². The highest BCUT2D eigenvalue weighted by Gasteiger charge is 2.12.